The van der Waals surface area contributed by atoms with Gasteiger partial charge in [-0.3, -0.25) is 15.0 Å². The Bertz CT molecular complexity index is 8130. The van der Waals surface area contributed by atoms with Crippen LogP contribution in [0.15, 0.2) is 344 Å². The Morgan fingerprint density at radius 2 is 0.653 bits per heavy atom. The van der Waals surface area contributed by atoms with Crippen LogP contribution < -0.4 is 22.8 Å². The lowest BCUT2D eigenvalue weighted by atomic mass is 10.0. The lowest BCUT2D eigenvalue weighted by Crippen LogP contribution is -2.30. The minimum atomic E-state index is 0.855. The molecule has 13 heterocycles. The SMILES string of the molecule is Cc1ccc2c(oc3c2ccc2cccnc23)c1-c1cccc[n+]1C.Cc1ccc2c(oc3c4ccccc4ccc23)c1-c1n(C)cc[n+]1C.Cc1ccc2c(oc3c4ccccc4ccc23)c1-c1scc[n+]1C.Cc1cnc2c(oc3c4ccccc4ccc23)c1-c1cccc[n+]1C.Cc1ncc2c(oc3c4ccccc4ccc23)c1-c1cccc[n+]1C. The molecule has 0 spiro atoms. The lowest BCUT2D eigenvalue weighted by molar-refractivity contribution is -0.660. The van der Waals surface area contributed by atoms with Crippen LogP contribution in [-0.4, -0.2) is 19.5 Å². The summed E-state index contributed by atoms with van der Waals surface area (Å²) in [7, 11) is 12.4. The summed E-state index contributed by atoms with van der Waals surface area (Å²) in [6.07, 6.45) is 18.1. The van der Waals surface area contributed by atoms with E-state index in [0.29, 0.717) is 0 Å². The predicted octanol–water partition coefficient (Wildman–Crippen LogP) is 25.3. The largest absolute Gasteiger partial charge is 0.454 e. The molecule has 14 nitrogen and oxygen atoms in total. The Morgan fingerprint density at radius 1 is 0.266 bits per heavy atom. The maximum Gasteiger partial charge on any atom is 0.292 e. The third-order valence-corrected chi connectivity index (χ3v) is 25.5. The molecule has 0 aliphatic carbocycles. The van der Waals surface area contributed by atoms with Crippen molar-refractivity contribution in [2.45, 2.75) is 34.6 Å². The van der Waals surface area contributed by atoms with Gasteiger partial charge in [0.2, 0.25) is 17.1 Å². The maximum atomic E-state index is 6.48. The third-order valence-electron chi connectivity index (χ3n) is 24.6. The van der Waals surface area contributed by atoms with Gasteiger partial charge in [0.15, 0.2) is 52.7 Å². The Morgan fingerprint density at radius 3 is 1.15 bits per heavy atom. The van der Waals surface area contributed by atoms with Crippen molar-refractivity contribution in [3.8, 4) is 55.7 Å². The Labute approximate surface area is 717 Å². The molecule has 25 rings (SSSR count). The number of imidazole rings is 1. The molecule has 0 saturated heterocycles. The van der Waals surface area contributed by atoms with E-state index in [1.165, 1.54) is 75.7 Å². The Hall–Kier alpha value is -15.3. The van der Waals surface area contributed by atoms with Gasteiger partial charge in [-0.15, -0.1) is 0 Å². The number of nitrogens with zero attached hydrogens (tertiary/aromatic N) is 9. The molecule has 12 aromatic carbocycles. The number of fused-ring (bicyclic) bond motifs is 25. The quantitative estimate of drug-likeness (QED) is 0.156. The molecule has 0 bridgehead atoms. The van der Waals surface area contributed by atoms with Crippen molar-refractivity contribution in [2.75, 3.05) is 0 Å². The highest BCUT2D eigenvalue weighted by Crippen LogP contribution is 2.46. The fourth-order valence-corrected chi connectivity index (χ4v) is 19.2. The number of furan rings is 5. The van der Waals surface area contributed by atoms with E-state index in [1.54, 1.807) is 11.3 Å². The summed E-state index contributed by atoms with van der Waals surface area (Å²) >= 11 is 1.75. The molecular formula is C109H86N9O5S+5. The zero-order chi connectivity index (χ0) is 84.3. The van der Waals surface area contributed by atoms with Gasteiger partial charge in [0.1, 0.15) is 96.2 Å². The number of pyridine rings is 6. The second-order valence-electron chi connectivity index (χ2n) is 32.3. The first-order valence-electron chi connectivity index (χ1n) is 41.7. The second-order valence-corrected chi connectivity index (χ2v) is 33.2. The molecule has 0 atom stereocenters. The number of hydrogen-bond acceptors (Lipinski definition) is 9. The van der Waals surface area contributed by atoms with E-state index >= 15 is 0 Å². The summed E-state index contributed by atoms with van der Waals surface area (Å²) in [5.41, 5.74) is 25.9. The van der Waals surface area contributed by atoms with Gasteiger partial charge in [-0.05, 0) is 133 Å². The fourth-order valence-electron chi connectivity index (χ4n) is 18.3. The van der Waals surface area contributed by atoms with Crippen molar-refractivity contribution in [1.29, 1.82) is 0 Å². The number of aromatic nitrogens is 9. The average Bonchev–Trinajstić information content (AvgIpc) is 1.62. The van der Waals surface area contributed by atoms with Crippen LogP contribution in [0.3, 0.4) is 0 Å². The highest BCUT2D eigenvalue weighted by molar-refractivity contribution is 7.12. The molecule has 0 unspecified atom stereocenters. The van der Waals surface area contributed by atoms with Gasteiger partial charge in [0.05, 0.1) is 36.3 Å². The third kappa shape index (κ3) is 12.8. The minimum Gasteiger partial charge on any atom is -0.454 e. The topological polar surface area (TPSA) is 129 Å². The summed E-state index contributed by atoms with van der Waals surface area (Å²) in [4.78, 5) is 13.9. The molecule has 0 aliphatic rings. The van der Waals surface area contributed by atoms with Crippen molar-refractivity contribution >= 4 is 175 Å². The van der Waals surface area contributed by atoms with Gasteiger partial charge < -0.3 is 22.1 Å². The summed E-state index contributed by atoms with van der Waals surface area (Å²) in [6, 6.07) is 90.6. The minimum absolute atomic E-state index is 0.855. The predicted molar refractivity (Wildman–Crippen MR) is 503 cm³/mol. The lowest BCUT2D eigenvalue weighted by Gasteiger charge is -2.04. The number of thiazole rings is 1. The van der Waals surface area contributed by atoms with Crippen LogP contribution in [0.2, 0.25) is 0 Å². The molecule has 0 radical (unpaired) electrons. The standard InChI is InChI=1S/C22H19N2O.3C22H17N2O.C21H16NOS/c1-14-8-10-18-17-11-9-15-6-4-5-7-16(15)20(17)25-21(18)19(14)22-23(2)12-13-24(22)3;1-14-8-10-16-17-11-9-15-6-5-12-23-20(15)22(17)25-21(16)19(14)18-7-3-4-13-24(18)2;1-14-20(19-9-5-6-12-24(19)2)22-18(13-23-14)17-11-10-15-7-3-4-8-16(15)21(17)25-22;1-14-13-23-20-17-11-10-15-7-3-4-8-16(15)21(17)25-22(20)19(14)18-9-5-6-12-24(18)2;1-13-7-9-17-16-10-8-14-5-3-4-6-15(14)19(16)23-20(17)18(13)21-22(2)11-12-24-21/h4-13H,1-3H3;3*3-13H,1-2H3;3-12H,1-2H3/q5*+1. The van der Waals surface area contributed by atoms with Gasteiger partial charge in [0, 0.05) is 130 Å². The van der Waals surface area contributed by atoms with Gasteiger partial charge in [0.25, 0.3) is 10.8 Å². The van der Waals surface area contributed by atoms with E-state index in [4.69, 9.17) is 22.1 Å². The van der Waals surface area contributed by atoms with Gasteiger partial charge >= 0.3 is 0 Å². The molecule has 124 heavy (non-hydrogen) atoms. The molecule has 25 aromatic rings. The highest BCUT2D eigenvalue weighted by Gasteiger charge is 2.29. The van der Waals surface area contributed by atoms with Crippen molar-refractivity contribution in [3.05, 3.63) is 350 Å². The molecule has 15 heteroatoms. The van der Waals surface area contributed by atoms with Crippen LogP contribution in [0.4, 0.5) is 0 Å². The zero-order valence-corrected chi connectivity index (χ0v) is 71.4. The molecule has 0 aliphatic heterocycles. The molecule has 13 aromatic heterocycles. The highest BCUT2D eigenvalue weighted by atomic mass is 32.1. The first-order chi connectivity index (χ1) is 60.6. The summed E-state index contributed by atoms with van der Waals surface area (Å²) in [6.45, 7) is 10.5. The van der Waals surface area contributed by atoms with Crippen molar-refractivity contribution in [2.24, 2.45) is 42.3 Å². The summed E-state index contributed by atoms with van der Waals surface area (Å²) in [5.74, 6) is 1.14. The van der Waals surface area contributed by atoms with Crippen LogP contribution in [0.25, 0.3) is 220 Å². The first-order valence-corrected chi connectivity index (χ1v) is 42.5. The summed E-state index contributed by atoms with van der Waals surface area (Å²) < 4.78 is 45.0. The number of aryl methyl sites for hydroxylation is 11. The molecule has 0 saturated carbocycles. The van der Waals surface area contributed by atoms with Gasteiger partial charge in [-0.25, -0.2) is 22.8 Å². The second kappa shape index (κ2) is 30.7. The average molecular weight is 1630 g/mol. The van der Waals surface area contributed by atoms with E-state index in [0.717, 1.165) is 172 Å². The molecule has 0 fully saturated rings. The van der Waals surface area contributed by atoms with Crippen LogP contribution >= 0.6 is 11.3 Å². The maximum absolute atomic E-state index is 6.48. The van der Waals surface area contributed by atoms with Crippen molar-refractivity contribution in [1.82, 2.24) is 19.5 Å². The van der Waals surface area contributed by atoms with Crippen molar-refractivity contribution < 1.29 is 44.9 Å². The number of rotatable bonds is 5. The van der Waals surface area contributed by atoms with Crippen molar-refractivity contribution in [3.63, 3.8) is 0 Å². The van der Waals surface area contributed by atoms with E-state index in [1.807, 2.05) is 75.2 Å². The van der Waals surface area contributed by atoms with E-state index in [-0.39, 0.29) is 0 Å². The van der Waals surface area contributed by atoms with Gasteiger partial charge in [-0.1, -0.05) is 181 Å². The smallest absolute Gasteiger partial charge is 0.292 e. The summed E-state index contributed by atoms with van der Waals surface area (Å²) in [5, 5.41) is 24.0. The Balaban J connectivity index is 0.0000000950. The monoisotopic (exact) mass is 1630 g/mol. The van der Waals surface area contributed by atoms with Crippen LogP contribution in [0.1, 0.15) is 27.9 Å². The molecule has 598 valence electrons. The van der Waals surface area contributed by atoms with Gasteiger partial charge in [-0.2, -0.15) is 4.57 Å². The molecular weight excluding hydrogens is 1550 g/mol. The molecule has 0 N–H and O–H groups in total. The number of hydrogen-bond donors (Lipinski definition) is 0. The molecule has 0 amide bonds. The van der Waals surface area contributed by atoms with E-state index < -0.39 is 0 Å². The normalized spacial score (nSPS) is 11.7. The fraction of sp³-hybridized carbons (Fsp3) is 0.101. The Kier molecular flexibility index (Phi) is 18.9. The first kappa shape index (κ1) is 76.1. The van der Waals surface area contributed by atoms with Crippen LogP contribution in [-0.2, 0) is 42.3 Å². The van der Waals surface area contributed by atoms with E-state index in [2.05, 4.69) is 366 Å². The zero-order valence-electron chi connectivity index (χ0n) is 70.6. The number of benzene rings is 12. The van der Waals surface area contributed by atoms with Crippen LogP contribution in [0.5, 0.6) is 0 Å². The van der Waals surface area contributed by atoms with Crippen LogP contribution in [0, 0.1) is 34.6 Å². The van der Waals surface area contributed by atoms with E-state index in [9.17, 15) is 0 Å².